The van der Waals surface area contributed by atoms with Crippen LogP contribution in [0.25, 0.3) is 0 Å². The van der Waals surface area contributed by atoms with Gasteiger partial charge in [-0.25, -0.2) is 0 Å². The van der Waals surface area contributed by atoms with Crippen molar-refractivity contribution in [1.29, 1.82) is 0 Å². The summed E-state index contributed by atoms with van der Waals surface area (Å²) < 4.78 is 0. The van der Waals surface area contributed by atoms with Gasteiger partial charge in [-0.15, -0.1) is 0 Å². The third-order valence-electron chi connectivity index (χ3n) is 2.89. The first-order chi connectivity index (χ1) is 8.62. The molecule has 0 aliphatic carbocycles. The lowest BCUT2D eigenvalue weighted by molar-refractivity contribution is -0.126. The van der Waals surface area contributed by atoms with E-state index in [-0.39, 0.29) is 30.3 Å². The average Bonchev–Trinajstić information content (AvgIpc) is 2.29. The molecule has 0 rings (SSSR count). The maximum absolute atomic E-state index is 11.5. The van der Waals surface area contributed by atoms with Crippen LogP contribution in [0, 0.1) is 11.3 Å². The summed E-state index contributed by atoms with van der Waals surface area (Å²) in [5.74, 6) is 0.0860. The predicted molar refractivity (Wildman–Crippen MR) is 75.6 cm³/mol. The Hall–Kier alpha value is -1.10. The number of carbonyl (C=O) groups excluding carboxylic acids is 2. The van der Waals surface area contributed by atoms with Crippen LogP contribution in [-0.2, 0) is 9.59 Å². The summed E-state index contributed by atoms with van der Waals surface area (Å²) in [4.78, 5) is 22.9. The molecule has 1 atom stereocenters. The standard InChI is InChI=1S/C14H28N2O3/c1-10(2)6-7-12(18)16-9-13(19)15-8-11(17)14(3,4)5/h10-11,17H,6-9H2,1-5H3,(H,15,19)(H,16,18). The summed E-state index contributed by atoms with van der Waals surface area (Å²) in [6, 6.07) is 0. The molecule has 0 fully saturated rings. The van der Waals surface area contributed by atoms with Crippen LogP contribution in [0.1, 0.15) is 47.5 Å². The Kier molecular flexibility index (Phi) is 7.68. The first kappa shape index (κ1) is 17.9. The van der Waals surface area contributed by atoms with E-state index in [0.29, 0.717) is 12.3 Å². The molecule has 0 saturated heterocycles. The Balaban J connectivity index is 3.79. The van der Waals surface area contributed by atoms with Crippen molar-refractivity contribution < 1.29 is 14.7 Å². The summed E-state index contributed by atoms with van der Waals surface area (Å²) in [6.07, 6.45) is 0.652. The lowest BCUT2D eigenvalue weighted by Crippen LogP contribution is -2.43. The number of aliphatic hydroxyl groups is 1. The van der Waals surface area contributed by atoms with Crippen molar-refractivity contribution in [3.05, 3.63) is 0 Å². The highest BCUT2D eigenvalue weighted by atomic mass is 16.3. The lowest BCUT2D eigenvalue weighted by atomic mass is 9.89. The van der Waals surface area contributed by atoms with Gasteiger partial charge >= 0.3 is 0 Å². The van der Waals surface area contributed by atoms with Gasteiger partial charge in [-0.2, -0.15) is 0 Å². The van der Waals surface area contributed by atoms with Crippen LogP contribution in [0.5, 0.6) is 0 Å². The van der Waals surface area contributed by atoms with E-state index in [4.69, 9.17) is 0 Å². The number of rotatable bonds is 7. The van der Waals surface area contributed by atoms with Crippen LogP contribution >= 0.6 is 0 Å². The molecule has 2 amide bonds. The average molecular weight is 272 g/mol. The number of nitrogens with one attached hydrogen (secondary N) is 2. The predicted octanol–water partition coefficient (Wildman–Crippen LogP) is 1.06. The van der Waals surface area contributed by atoms with Gasteiger partial charge in [-0.1, -0.05) is 34.6 Å². The maximum atomic E-state index is 11.5. The van der Waals surface area contributed by atoms with Crippen LogP contribution in [0.4, 0.5) is 0 Å². The van der Waals surface area contributed by atoms with E-state index in [0.717, 1.165) is 6.42 Å². The first-order valence-electron chi connectivity index (χ1n) is 6.84. The number of amides is 2. The summed E-state index contributed by atoms with van der Waals surface area (Å²) in [7, 11) is 0. The molecule has 19 heavy (non-hydrogen) atoms. The number of carbonyl (C=O) groups is 2. The van der Waals surface area contributed by atoms with Gasteiger partial charge in [0, 0.05) is 13.0 Å². The molecule has 5 heteroatoms. The highest BCUT2D eigenvalue weighted by Gasteiger charge is 2.22. The van der Waals surface area contributed by atoms with E-state index < -0.39 is 6.10 Å². The molecule has 0 aromatic rings. The number of hydrogen-bond donors (Lipinski definition) is 3. The zero-order valence-corrected chi connectivity index (χ0v) is 12.7. The molecule has 3 N–H and O–H groups in total. The van der Waals surface area contributed by atoms with Crippen molar-refractivity contribution in [3.63, 3.8) is 0 Å². The molecule has 0 aromatic heterocycles. The van der Waals surface area contributed by atoms with E-state index >= 15 is 0 Å². The highest BCUT2D eigenvalue weighted by molar-refractivity contribution is 5.84. The fourth-order valence-corrected chi connectivity index (χ4v) is 1.27. The van der Waals surface area contributed by atoms with Crippen LogP contribution < -0.4 is 10.6 Å². The van der Waals surface area contributed by atoms with Gasteiger partial charge in [0.05, 0.1) is 12.6 Å². The van der Waals surface area contributed by atoms with Crippen molar-refractivity contribution in [3.8, 4) is 0 Å². The van der Waals surface area contributed by atoms with Crippen LogP contribution in [0.3, 0.4) is 0 Å². The summed E-state index contributed by atoms with van der Waals surface area (Å²) in [6.45, 7) is 9.96. The fourth-order valence-electron chi connectivity index (χ4n) is 1.27. The van der Waals surface area contributed by atoms with Gasteiger partial charge in [0.25, 0.3) is 0 Å². The van der Waals surface area contributed by atoms with Crippen molar-refractivity contribution in [2.24, 2.45) is 11.3 Å². The van der Waals surface area contributed by atoms with Crippen molar-refractivity contribution in [2.75, 3.05) is 13.1 Å². The highest BCUT2D eigenvalue weighted by Crippen LogP contribution is 2.17. The van der Waals surface area contributed by atoms with Gasteiger partial charge in [0.2, 0.25) is 11.8 Å². The van der Waals surface area contributed by atoms with E-state index in [1.807, 2.05) is 34.6 Å². The normalized spacial score (nSPS) is 13.2. The minimum Gasteiger partial charge on any atom is -0.391 e. The van der Waals surface area contributed by atoms with Gasteiger partial charge in [-0.05, 0) is 17.8 Å². The molecule has 112 valence electrons. The van der Waals surface area contributed by atoms with Crippen molar-refractivity contribution >= 4 is 11.8 Å². The monoisotopic (exact) mass is 272 g/mol. The van der Waals surface area contributed by atoms with Crippen LogP contribution in [0.15, 0.2) is 0 Å². The molecule has 5 nitrogen and oxygen atoms in total. The van der Waals surface area contributed by atoms with Gasteiger partial charge in [0.15, 0.2) is 0 Å². The van der Waals surface area contributed by atoms with Crippen LogP contribution in [-0.4, -0.2) is 36.1 Å². The molecule has 1 unspecified atom stereocenters. The third-order valence-corrected chi connectivity index (χ3v) is 2.89. The smallest absolute Gasteiger partial charge is 0.239 e. The summed E-state index contributed by atoms with van der Waals surface area (Å²) in [5, 5.41) is 14.9. The molecule has 0 radical (unpaired) electrons. The first-order valence-corrected chi connectivity index (χ1v) is 6.84. The Labute approximate surface area is 116 Å². The quantitative estimate of drug-likeness (QED) is 0.648. The van der Waals surface area contributed by atoms with Gasteiger partial charge < -0.3 is 15.7 Å². The van der Waals surface area contributed by atoms with Crippen molar-refractivity contribution in [2.45, 2.75) is 53.6 Å². The summed E-state index contributed by atoms with van der Waals surface area (Å²) >= 11 is 0. The molecule has 0 aliphatic heterocycles. The minimum atomic E-state index is -0.604. The Morgan fingerprint density at radius 2 is 1.68 bits per heavy atom. The molecular formula is C14H28N2O3. The van der Waals surface area contributed by atoms with E-state index in [1.165, 1.54) is 0 Å². The van der Waals surface area contributed by atoms with E-state index in [9.17, 15) is 14.7 Å². The molecule has 0 aromatic carbocycles. The zero-order valence-electron chi connectivity index (χ0n) is 12.7. The van der Waals surface area contributed by atoms with E-state index in [1.54, 1.807) is 0 Å². The minimum absolute atomic E-state index is 0.0339. The van der Waals surface area contributed by atoms with Crippen molar-refractivity contribution in [1.82, 2.24) is 10.6 Å². The molecule has 0 saturated carbocycles. The maximum Gasteiger partial charge on any atom is 0.239 e. The second-order valence-electron chi connectivity index (χ2n) is 6.40. The second-order valence-corrected chi connectivity index (χ2v) is 6.40. The Morgan fingerprint density at radius 3 is 2.16 bits per heavy atom. The van der Waals surface area contributed by atoms with E-state index in [2.05, 4.69) is 10.6 Å². The SMILES string of the molecule is CC(C)CCC(=O)NCC(=O)NCC(O)C(C)(C)C. The molecule has 0 aliphatic rings. The number of hydrogen-bond acceptors (Lipinski definition) is 3. The molecule has 0 spiro atoms. The summed E-state index contributed by atoms with van der Waals surface area (Å²) in [5.41, 5.74) is -0.270. The lowest BCUT2D eigenvalue weighted by Gasteiger charge is -2.25. The van der Waals surface area contributed by atoms with Gasteiger partial charge in [0.1, 0.15) is 0 Å². The van der Waals surface area contributed by atoms with Crippen LogP contribution in [0.2, 0.25) is 0 Å². The third kappa shape index (κ3) is 9.47. The zero-order chi connectivity index (χ0) is 15.1. The fraction of sp³-hybridized carbons (Fsp3) is 0.857. The molecule has 0 bridgehead atoms. The largest absolute Gasteiger partial charge is 0.391 e. The Bertz CT molecular complexity index is 296. The topological polar surface area (TPSA) is 78.4 Å². The van der Waals surface area contributed by atoms with Gasteiger partial charge in [-0.3, -0.25) is 9.59 Å². The molecular weight excluding hydrogens is 244 g/mol. The second kappa shape index (κ2) is 8.15. The molecule has 0 heterocycles. The Morgan fingerprint density at radius 1 is 1.11 bits per heavy atom. The number of aliphatic hydroxyl groups excluding tert-OH is 1.